The number of aromatic nitrogens is 2. The topological polar surface area (TPSA) is 90.3 Å². The molecule has 1 unspecified atom stereocenters. The molecule has 1 heterocycles. The minimum atomic E-state index is -0.757. The van der Waals surface area contributed by atoms with Crippen molar-refractivity contribution in [1.29, 1.82) is 0 Å². The van der Waals surface area contributed by atoms with E-state index >= 15 is 0 Å². The highest BCUT2D eigenvalue weighted by atomic mass is 16.5. The third-order valence-corrected chi connectivity index (χ3v) is 6.12. The zero-order valence-corrected chi connectivity index (χ0v) is 19.5. The smallest absolute Gasteiger partial charge is 0.338 e. The number of nitrogens with one attached hydrogen (secondary N) is 1. The molecule has 1 aromatic heterocycles. The van der Waals surface area contributed by atoms with Crippen LogP contribution in [0.4, 0.5) is 5.69 Å². The van der Waals surface area contributed by atoms with Gasteiger partial charge < -0.3 is 10.1 Å². The SMILES string of the molecule is CCOC(=O)c1ccc(NC(=O)C(CC)n2nc(-c3ccccc3)c3c(c2=O)CCCC3)cc1. The first-order valence-electron chi connectivity index (χ1n) is 11.8. The van der Waals surface area contributed by atoms with Crippen molar-refractivity contribution < 1.29 is 14.3 Å². The normalized spacial score (nSPS) is 13.6. The van der Waals surface area contributed by atoms with E-state index < -0.39 is 12.0 Å². The van der Waals surface area contributed by atoms with Crippen LogP contribution in [0.1, 0.15) is 60.6 Å². The molecule has 7 nitrogen and oxygen atoms in total. The van der Waals surface area contributed by atoms with Crippen molar-refractivity contribution in [2.75, 3.05) is 11.9 Å². The molecular formula is C27H29N3O4. The lowest BCUT2D eigenvalue weighted by molar-refractivity contribution is -0.119. The number of carbonyl (C=O) groups is 2. The van der Waals surface area contributed by atoms with Crippen molar-refractivity contribution in [1.82, 2.24) is 9.78 Å². The zero-order chi connectivity index (χ0) is 24.1. The van der Waals surface area contributed by atoms with Gasteiger partial charge in [0.15, 0.2) is 0 Å². The molecule has 4 rings (SSSR count). The van der Waals surface area contributed by atoms with E-state index in [2.05, 4.69) is 5.32 Å². The molecule has 0 fully saturated rings. The minimum absolute atomic E-state index is 0.186. The zero-order valence-electron chi connectivity index (χ0n) is 19.5. The average molecular weight is 460 g/mol. The average Bonchev–Trinajstić information content (AvgIpc) is 2.87. The largest absolute Gasteiger partial charge is 0.462 e. The molecule has 1 aliphatic carbocycles. The minimum Gasteiger partial charge on any atom is -0.462 e. The van der Waals surface area contributed by atoms with Crippen LogP contribution in [0, 0.1) is 0 Å². The van der Waals surface area contributed by atoms with Gasteiger partial charge in [-0.25, -0.2) is 9.48 Å². The molecule has 0 bridgehead atoms. The van der Waals surface area contributed by atoms with Crippen LogP contribution >= 0.6 is 0 Å². The molecule has 34 heavy (non-hydrogen) atoms. The quantitative estimate of drug-likeness (QED) is 0.523. The van der Waals surface area contributed by atoms with E-state index in [0.717, 1.165) is 41.6 Å². The first kappa shape index (κ1) is 23.4. The van der Waals surface area contributed by atoms with Crippen molar-refractivity contribution in [2.45, 2.75) is 52.0 Å². The summed E-state index contributed by atoms with van der Waals surface area (Å²) < 4.78 is 6.35. The van der Waals surface area contributed by atoms with Crippen LogP contribution in [-0.2, 0) is 22.4 Å². The number of benzene rings is 2. The summed E-state index contributed by atoms with van der Waals surface area (Å²) in [5, 5.41) is 7.59. The summed E-state index contributed by atoms with van der Waals surface area (Å²) >= 11 is 0. The predicted octanol–water partition coefficient (Wildman–Crippen LogP) is 4.56. The Morgan fingerprint density at radius 3 is 2.32 bits per heavy atom. The van der Waals surface area contributed by atoms with E-state index in [9.17, 15) is 14.4 Å². The van der Waals surface area contributed by atoms with Crippen LogP contribution in [0.15, 0.2) is 59.4 Å². The number of anilines is 1. The van der Waals surface area contributed by atoms with Gasteiger partial charge in [-0.1, -0.05) is 37.3 Å². The number of hydrogen-bond acceptors (Lipinski definition) is 5. The second kappa shape index (κ2) is 10.5. The fourth-order valence-electron chi connectivity index (χ4n) is 4.39. The maximum atomic E-state index is 13.4. The van der Waals surface area contributed by atoms with Crippen LogP contribution in [0.3, 0.4) is 0 Å². The number of carbonyl (C=O) groups excluding carboxylic acids is 2. The van der Waals surface area contributed by atoms with Crippen LogP contribution in [0.25, 0.3) is 11.3 Å². The van der Waals surface area contributed by atoms with Gasteiger partial charge >= 0.3 is 5.97 Å². The van der Waals surface area contributed by atoms with Gasteiger partial charge in [-0.15, -0.1) is 0 Å². The molecular weight excluding hydrogens is 430 g/mol. The summed E-state index contributed by atoms with van der Waals surface area (Å²) in [6, 6.07) is 15.6. The maximum absolute atomic E-state index is 13.4. The highest BCUT2D eigenvalue weighted by molar-refractivity contribution is 5.95. The second-order valence-corrected chi connectivity index (χ2v) is 8.34. The molecule has 1 aliphatic rings. The van der Waals surface area contributed by atoms with Gasteiger partial charge in [0.05, 0.1) is 17.9 Å². The molecule has 0 radical (unpaired) electrons. The molecule has 0 spiro atoms. The summed E-state index contributed by atoms with van der Waals surface area (Å²) in [7, 11) is 0. The molecule has 1 atom stereocenters. The first-order chi connectivity index (χ1) is 16.5. The summed E-state index contributed by atoms with van der Waals surface area (Å²) in [5.74, 6) is -0.735. The lowest BCUT2D eigenvalue weighted by Crippen LogP contribution is -2.38. The van der Waals surface area contributed by atoms with Gasteiger partial charge in [0.2, 0.25) is 5.91 Å². The van der Waals surface area contributed by atoms with Gasteiger partial charge in [0.1, 0.15) is 6.04 Å². The van der Waals surface area contributed by atoms with Gasteiger partial charge in [-0.05, 0) is 68.9 Å². The van der Waals surface area contributed by atoms with E-state index in [0.29, 0.717) is 30.7 Å². The van der Waals surface area contributed by atoms with E-state index in [4.69, 9.17) is 9.84 Å². The standard InChI is InChI=1S/C27H29N3O4/c1-3-23(25(31)28-20-16-14-19(15-17-20)27(33)34-4-2)30-26(32)22-13-9-8-12-21(22)24(29-30)18-10-6-5-7-11-18/h5-7,10-11,14-17,23H,3-4,8-9,12-13H2,1-2H3,(H,28,31). The monoisotopic (exact) mass is 459 g/mol. The summed E-state index contributed by atoms with van der Waals surface area (Å²) in [5.41, 5.74) is 4.25. The van der Waals surface area contributed by atoms with E-state index in [1.807, 2.05) is 37.3 Å². The van der Waals surface area contributed by atoms with Crippen LogP contribution in [0.2, 0.25) is 0 Å². The fourth-order valence-corrected chi connectivity index (χ4v) is 4.39. The number of hydrogen-bond donors (Lipinski definition) is 1. The number of nitrogens with zero attached hydrogens (tertiary/aromatic N) is 2. The third-order valence-electron chi connectivity index (χ3n) is 6.12. The Balaban J connectivity index is 1.66. The lowest BCUT2D eigenvalue weighted by atomic mass is 9.89. The molecule has 7 heteroatoms. The molecule has 3 aromatic rings. The summed E-state index contributed by atoms with van der Waals surface area (Å²) in [4.78, 5) is 38.5. The Labute approximate surface area is 198 Å². The Morgan fingerprint density at radius 2 is 1.68 bits per heavy atom. The Hall–Kier alpha value is -3.74. The van der Waals surface area contributed by atoms with Crippen molar-refractivity contribution in [3.05, 3.63) is 81.6 Å². The first-order valence-corrected chi connectivity index (χ1v) is 11.8. The highest BCUT2D eigenvalue weighted by Crippen LogP contribution is 2.29. The molecule has 0 saturated heterocycles. The lowest BCUT2D eigenvalue weighted by Gasteiger charge is -2.23. The van der Waals surface area contributed by atoms with Gasteiger partial charge in [-0.2, -0.15) is 5.10 Å². The number of ether oxygens (including phenoxy) is 1. The van der Waals surface area contributed by atoms with E-state index in [-0.39, 0.29) is 11.5 Å². The number of esters is 1. The summed E-state index contributed by atoms with van der Waals surface area (Å²) in [6.07, 6.45) is 3.91. The van der Waals surface area contributed by atoms with Crippen LogP contribution in [0.5, 0.6) is 0 Å². The molecule has 2 aromatic carbocycles. The molecule has 0 aliphatic heterocycles. The number of rotatable bonds is 7. The van der Waals surface area contributed by atoms with Crippen molar-refractivity contribution in [3.8, 4) is 11.3 Å². The Morgan fingerprint density at radius 1 is 1.00 bits per heavy atom. The van der Waals surface area contributed by atoms with Crippen molar-refractivity contribution in [2.24, 2.45) is 0 Å². The summed E-state index contributed by atoms with van der Waals surface area (Å²) in [6.45, 7) is 3.91. The van der Waals surface area contributed by atoms with Crippen molar-refractivity contribution in [3.63, 3.8) is 0 Å². The van der Waals surface area contributed by atoms with Gasteiger partial charge in [-0.3, -0.25) is 9.59 Å². The molecule has 176 valence electrons. The third kappa shape index (κ3) is 4.78. The predicted molar refractivity (Wildman–Crippen MR) is 131 cm³/mol. The second-order valence-electron chi connectivity index (χ2n) is 8.34. The number of amides is 1. The molecule has 1 amide bonds. The molecule has 0 saturated carbocycles. The van der Waals surface area contributed by atoms with Gasteiger partial charge in [0.25, 0.3) is 5.56 Å². The highest BCUT2D eigenvalue weighted by Gasteiger charge is 2.27. The number of fused-ring (bicyclic) bond motifs is 1. The van der Waals surface area contributed by atoms with Crippen molar-refractivity contribution >= 4 is 17.6 Å². The Kier molecular flexibility index (Phi) is 7.21. The van der Waals surface area contributed by atoms with E-state index in [1.54, 1.807) is 31.2 Å². The maximum Gasteiger partial charge on any atom is 0.338 e. The van der Waals surface area contributed by atoms with Crippen LogP contribution in [-0.4, -0.2) is 28.3 Å². The van der Waals surface area contributed by atoms with E-state index in [1.165, 1.54) is 4.68 Å². The van der Waals surface area contributed by atoms with Gasteiger partial charge in [0, 0.05) is 16.8 Å². The Bertz CT molecular complexity index is 1230. The van der Waals surface area contributed by atoms with Crippen LogP contribution < -0.4 is 10.9 Å². The molecule has 1 N–H and O–H groups in total. The fraction of sp³-hybridized carbons (Fsp3) is 0.333.